The SMILES string of the molecule is C[C@H]1CN(C(=O)OC(C)(C)C)CCN1C(=O)c1cc2cc(Oc3ccc([N+](=O)[O-])cn3)ccc2n1C. The van der Waals surface area contributed by atoms with Gasteiger partial charge in [-0.05, 0) is 52.0 Å². The third-order valence-corrected chi connectivity index (χ3v) is 5.93. The first-order valence-corrected chi connectivity index (χ1v) is 11.6. The van der Waals surface area contributed by atoms with E-state index in [1.807, 2.05) is 45.4 Å². The molecule has 1 fully saturated rings. The van der Waals surface area contributed by atoms with Crippen LogP contribution < -0.4 is 4.74 Å². The number of rotatable bonds is 4. The topological polar surface area (TPSA) is 120 Å². The predicted molar refractivity (Wildman–Crippen MR) is 132 cm³/mol. The van der Waals surface area contributed by atoms with Gasteiger partial charge in [-0.1, -0.05) is 0 Å². The van der Waals surface area contributed by atoms with Gasteiger partial charge in [0.1, 0.15) is 23.2 Å². The molecule has 4 rings (SSSR count). The average molecular weight is 496 g/mol. The standard InChI is InChI=1S/C25H29N5O6/c1-16-15-28(24(32)36-25(2,3)4)10-11-29(16)23(31)21-13-17-12-19(7-8-20(17)27(21)5)35-22-9-6-18(14-26-22)30(33)34/h6-9,12-14,16H,10-11,15H2,1-5H3/t16-/m0/s1. The molecule has 1 aliphatic rings. The van der Waals surface area contributed by atoms with Crippen molar-refractivity contribution in [3.63, 3.8) is 0 Å². The highest BCUT2D eigenvalue weighted by Gasteiger charge is 2.33. The molecule has 1 aliphatic heterocycles. The summed E-state index contributed by atoms with van der Waals surface area (Å²) in [5.74, 6) is 0.598. The molecule has 0 N–H and O–H groups in total. The van der Waals surface area contributed by atoms with Crippen LogP contribution in [0.15, 0.2) is 42.6 Å². The Bertz CT molecular complexity index is 1310. The summed E-state index contributed by atoms with van der Waals surface area (Å²) in [6.45, 7) is 8.59. The van der Waals surface area contributed by atoms with E-state index in [0.717, 1.165) is 17.1 Å². The summed E-state index contributed by atoms with van der Waals surface area (Å²) in [5.41, 5.74) is 0.675. The molecule has 2 aromatic heterocycles. The van der Waals surface area contributed by atoms with Crippen molar-refractivity contribution in [2.45, 2.75) is 39.3 Å². The van der Waals surface area contributed by atoms with Crippen molar-refractivity contribution < 1.29 is 24.0 Å². The van der Waals surface area contributed by atoms with Crippen LogP contribution in [0.4, 0.5) is 10.5 Å². The van der Waals surface area contributed by atoms with Crippen molar-refractivity contribution in [2.75, 3.05) is 19.6 Å². The predicted octanol–water partition coefficient (Wildman–Crippen LogP) is 4.36. The number of hydrogen-bond donors (Lipinski definition) is 0. The molecule has 11 heteroatoms. The zero-order chi connectivity index (χ0) is 26.2. The molecular weight excluding hydrogens is 466 g/mol. The summed E-state index contributed by atoms with van der Waals surface area (Å²) in [4.78, 5) is 43.5. The fraction of sp³-hybridized carbons (Fsp3) is 0.400. The molecule has 36 heavy (non-hydrogen) atoms. The van der Waals surface area contributed by atoms with Crippen LogP contribution in [0, 0.1) is 10.1 Å². The molecule has 0 spiro atoms. The van der Waals surface area contributed by atoms with Gasteiger partial charge in [0.05, 0.1) is 4.92 Å². The number of aryl methyl sites for hydroxylation is 1. The van der Waals surface area contributed by atoms with Crippen molar-refractivity contribution in [3.8, 4) is 11.6 Å². The lowest BCUT2D eigenvalue weighted by atomic mass is 10.1. The van der Waals surface area contributed by atoms with E-state index in [2.05, 4.69) is 4.98 Å². The van der Waals surface area contributed by atoms with Gasteiger partial charge in [0.2, 0.25) is 5.88 Å². The van der Waals surface area contributed by atoms with Gasteiger partial charge in [-0.2, -0.15) is 0 Å². The van der Waals surface area contributed by atoms with E-state index < -0.39 is 10.5 Å². The molecular formula is C25H29N5O6. The van der Waals surface area contributed by atoms with E-state index >= 15 is 0 Å². The van der Waals surface area contributed by atoms with Gasteiger partial charge >= 0.3 is 6.09 Å². The third kappa shape index (κ3) is 5.24. The first-order valence-electron chi connectivity index (χ1n) is 11.6. The number of hydrogen-bond acceptors (Lipinski definition) is 7. The first-order chi connectivity index (χ1) is 16.9. The number of carbonyl (C=O) groups excluding carboxylic acids is 2. The van der Waals surface area contributed by atoms with Gasteiger partial charge in [0, 0.05) is 55.8 Å². The van der Waals surface area contributed by atoms with E-state index in [1.54, 1.807) is 28.0 Å². The third-order valence-electron chi connectivity index (χ3n) is 5.93. The number of piperazine rings is 1. The average Bonchev–Trinajstić information content (AvgIpc) is 3.13. The number of fused-ring (bicyclic) bond motifs is 1. The molecule has 0 radical (unpaired) electrons. The van der Waals surface area contributed by atoms with E-state index in [0.29, 0.717) is 31.1 Å². The zero-order valence-electron chi connectivity index (χ0n) is 20.9. The fourth-order valence-corrected chi connectivity index (χ4v) is 4.16. The number of carbonyl (C=O) groups is 2. The molecule has 0 bridgehead atoms. The minimum atomic E-state index is -0.576. The number of nitro groups is 1. The van der Waals surface area contributed by atoms with Crippen LogP contribution in [0.5, 0.6) is 11.6 Å². The Labute approximate surface area is 208 Å². The monoisotopic (exact) mass is 495 g/mol. The lowest BCUT2D eigenvalue weighted by Gasteiger charge is -2.40. The summed E-state index contributed by atoms with van der Waals surface area (Å²) in [7, 11) is 1.83. The van der Waals surface area contributed by atoms with Crippen molar-refractivity contribution >= 4 is 28.6 Å². The van der Waals surface area contributed by atoms with E-state index in [4.69, 9.17) is 9.47 Å². The molecule has 0 unspecified atom stereocenters. The first kappa shape index (κ1) is 25.0. The molecule has 11 nitrogen and oxygen atoms in total. The smallest absolute Gasteiger partial charge is 0.410 e. The van der Waals surface area contributed by atoms with Crippen LogP contribution in [-0.2, 0) is 11.8 Å². The largest absolute Gasteiger partial charge is 0.444 e. The van der Waals surface area contributed by atoms with Crippen molar-refractivity contribution in [2.24, 2.45) is 7.05 Å². The molecule has 1 atom stereocenters. The Hall–Kier alpha value is -4.15. The van der Waals surface area contributed by atoms with Crippen LogP contribution in [0.2, 0.25) is 0 Å². The zero-order valence-corrected chi connectivity index (χ0v) is 20.9. The van der Waals surface area contributed by atoms with Crippen molar-refractivity contribution in [3.05, 3.63) is 58.4 Å². The molecule has 1 saturated heterocycles. The second kappa shape index (κ2) is 9.48. The Morgan fingerprint density at radius 1 is 1.14 bits per heavy atom. The summed E-state index contributed by atoms with van der Waals surface area (Å²) in [6.07, 6.45) is 0.762. The summed E-state index contributed by atoms with van der Waals surface area (Å²) in [5, 5.41) is 11.6. The second-order valence-corrected chi connectivity index (χ2v) is 9.80. The van der Waals surface area contributed by atoms with Crippen LogP contribution in [0.25, 0.3) is 10.9 Å². The molecule has 3 aromatic rings. The van der Waals surface area contributed by atoms with Gasteiger partial charge in [-0.25, -0.2) is 9.78 Å². The molecule has 1 aromatic carbocycles. The number of aromatic nitrogens is 2. The molecule has 3 heterocycles. The molecule has 2 amide bonds. The number of benzene rings is 1. The van der Waals surface area contributed by atoms with Crippen molar-refractivity contribution in [1.29, 1.82) is 0 Å². The highest BCUT2D eigenvalue weighted by molar-refractivity contribution is 5.99. The van der Waals surface area contributed by atoms with Gasteiger partial charge < -0.3 is 23.8 Å². The van der Waals surface area contributed by atoms with E-state index in [9.17, 15) is 19.7 Å². The van der Waals surface area contributed by atoms with E-state index in [1.165, 1.54) is 12.1 Å². The van der Waals surface area contributed by atoms with Crippen molar-refractivity contribution in [1.82, 2.24) is 19.4 Å². The van der Waals surface area contributed by atoms with Gasteiger partial charge in [-0.3, -0.25) is 14.9 Å². The Kier molecular flexibility index (Phi) is 6.57. The highest BCUT2D eigenvalue weighted by Crippen LogP contribution is 2.28. The maximum absolute atomic E-state index is 13.4. The minimum Gasteiger partial charge on any atom is -0.444 e. The summed E-state index contributed by atoms with van der Waals surface area (Å²) >= 11 is 0. The molecule has 0 aliphatic carbocycles. The quantitative estimate of drug-likeness (QED) is 0.390. The maximum Gasteiger partial charge on any atom is 0.410 e. The van der Waals surface area contributed by atoms with E-state index in [-0.39, 0.29) is 29.6 Å². The summed E-state index contributed by atoms with van der Waals surface area (Å²) in [6, 6.07) is 9.77. The molecule has 0 saturated carbocycles. The lowest BCUT2D eigenvalue weighted by molar-refractivity contribution is -0.385. The fourth-order valence-electron chi connectivity index (χ4n) is 4.16. The Balaban J connectivity index is 1.49. The van der Waals surface area contributed by atoms with Crippen LogP contribution in [-0.4, -0.2) is 67.6 Å². The lowest BCUT2D eigenvalue weighted by Crippen LogP contribution is -2.56. The van der Waals surface area contributed by atoms with Crippen LogP contribution in [0.3, 0.4) is 0 Å². The summed E-state index contributed by atoms with van der Waals surface area (Å²) < 4.78 is 13.0. The number of amides is 2. The van der Waals surface area contributed by atoms with Gasteiger partial charge in [0.15, 0.2) is 0 Å². The highest BCUT2D eigenvalue weighted by atomic mass is 16.6. The minimum absolute atomic E-state index is 0.120. The number of pyridine rings is 1. The van der Waals surface area contributed by atoms with Crippen LogP contribution in [0.1, 0.15) is 38.2 Å². The van der Waals surface area contributed by atoms with Gasteiger partial charge in [0.25, 0.3) is 11.6 Å². The number of ether oxygens (including phenoxy) is 2. The Morgan fingerprint density at radius 3 is 2.50 bits per heavy atom. The second-order valence-electron chi connectivity index (χ2n) is 9.80. The van der Waals surface area contributed by atoms with Gasteiger partial charge in [-0.15, -0.1) is 0 Å². The maximum atomic E-state index is 13.4. The normalized spacial score (nSPS) is 16.2. The Morgan fingerprint density at radius 2 is 1.89 bits per heavy atom. The molecule has 190 valence electrons. The van der Waals surface area contributed by atoms with Crippen LogP contribution >= 0.6 is 0 Å². The number of nitrogens with zero attached hydrogens (tertiary/aromatic N) is 5.